The van der Waals surface area contributed by atoms with Crippen LogP contribution in [-0.4, -0.2) is 66.5 Å². The molecular weight excluding hydrogens is 485 g/mol. The van der Waals surface area contributed by atoms with Crippen LogP contribution in [0.15, 0.2) is 48.5 Å². The molecule has 0 bridgehead atoms. The maximum absolute atomic E-state index is 13.0. The maximum atomic E-state index is 13.0. The molecule has 0 heterocycles. The lowest BCUT2D eigenvalue weighted by molar-refractivity contribution is -0.151. The second kappa shape index (κ2) is 13.9. The van der Waals surface area contributed by atoms with Gasteiger partial charge >= 0.3 is 12.1 Å². The van der Waals surface area contributed by atoms with E-state index in [4.69, 9.17) is 19.5 Å². The van der Waals surface area contributed by atoms with Crippen molar-refractivity contribution in [3.63, 3.8) is 0 Å². The Labute approximate surface area is 214 Å². The summed E-state index contributed by atoms with van der Waals surface area (Å²) in [4.78, 5) is 38.1. The summed E-state index contributed by atoms with van der Waals surface area (Å²) in [5.74, 6) is -1.49. The standard InChI is InChI=1S/C26H30FN3O7/c1-26(2,34)17-35-16-22(24(32)36-13-12-28)30(3)25(33)37-15-19-6-10-21(11-7-19)29-23(31)14-18-4-8-20(27)9-5-18/h4-11,22,34H,13-17H2,1-3H3,(H,29,31)/t22-/m0/s1. The van der Waals surface area contributed by atoms with Gasteiger partial charge in [0.2, 0.25) is 5.91 Å². The summed E-state index contributed by atoms with van der Waals surface area (Å²) in [7, 11) is 1.33. The van der Waals surface area contributed by atoms with Crippen LogP contribution < -0.4 is 5.32 Å². The maximum Gasteiger partial charge on any atom is 0.410 e. The number of aliphatic hydroxyl groups is 1. The minimum atomic E-state index is -1.19. The summed E-state index contributed by atoms with van der Waals surface area (Å²) in [5.41, 5.74) is 0.683. The largest absolute Gasteiger partial charge is 0.449 e. The molecule has 1 atom stereocenters. The molecule has 2 aromatic carbocycles. The van der Waals surface area contributed by atoms with E-state index < -0.39 is 30.3 Å². The Hall–Kier alpha value is -4.01. The number of carbonyl (C=O) groups excluding carboxylic acids is 3. The van der Waals surface area contributed by atoms with Gasteiger partial charge in [0.15, 0.2) is 12.6 Å². The van der Waals surface area contributed by atoms with Crippen LogP contribution in [0.1, 0.15) is 25.0 Å². The summed E-state index contributed by atoms with van der Waals surface area (Å²) in [6.07, 6.45) is -0.744. The van der Waals surface area contributed by atoms with Crippen LogP contribution in [-0.2, 0) is 36.8 Å². The quantitative estimate of drug-likeness (QED) is 0.412. The highest BCUT2D eigenvalue weighted by Gasteiger charge is 2.30. The van der Waals surface area contributed by atoms with Crippen molar-refractivity contribution in [2.45, 2.75) is 38.5 Å². The van der Waals surface area contributed by atoms with Crippen molar-refractivity contribution in [3.8, 4) is 6.07 Å². The molecule has 0 fully saturated rings. The van der Waals surface area contributed by atoms with Gasteiger partial charge in [-0.1, -0.05) is 24.3 Å². The van der Waals surface area contributed by atoms with Gasteiger partial charge in [-0.3, -0.25) is 9.69 Å². The number of nitriles is 1. The number of nitrogens with zero attached hydrogens (tertiary/aromatic N) is 2. The van der Waals surface area contributed by atoms with Crippen LogP contribution >= 0.6 is 0 Å². The Morgan fingerprint density at radius 2 is 1.70 bits per heavy atom. The predicted molar refractivity (Wildman–Crippen MR) is 131 cm³/mol. The molecule has 2 N–H and O–H groups in total. The fraction of sp³-hybridized carbons (Fsp3) is 0.385. The van der Waals surface area contributed by atoms with E-state index in [-0.39, 0.29) is 38.0 Å². The zero-order valence-corrected chi connectivity index (χ0v) is 20.9. The highest BCUT2D eigenvalue weighted by molar-refractivity contribution is 5.92. The Morgan fingerprint density at radius 1 is 1.08 bits per heavy atom. The van der Waals surface area contributed by atoms with Crippen molar-refractivity contribution in [3.05, 3.63) is 65.5 Å². The Morgan fingerprint density at radius 3 is 2.30 bits per heavy atom. The number of halogens is 1. The minimum Gasteiger partial charge on any atom is -0.449 e. The van der Waals surface area contributed by atoms with E-state index >= 15 is 0 Å². The van der Waals surface area contributed by atoms with Crippen LogP contribution in [0.25, 0.3) is 0 Å². The molecule has 0 unspecified atom stereocenters. The number of carbonyl (C=O) groups is 3. The third kappa shape index (κ3) is 10.6. The van der Waals surface area contributed by atoms with Crippen molar-refractivity contribution in [2.24, 2.45) is 0 Å². The molecule has 0 radical (unpaired) electrons. The van der Waals surface area contributed by atoms with Crippen LogP contribution in [0.5, 0.6) is 0 Å². The SMILES string of the molecule is CN(C(=O)OCc1ccc(NC(=O)Cc2ccc(F)cc2)cc1)[C@@H](COCC(C)(C)O)C(=O)OCC#N. The molecule has 0 saturated heterocycles. The van der Waals surface area contributed by atoms with Crippen LogP contribution in [0.3, 0.4) is 0 Å². The second-order valence-electron chi connectivity index (χ2n) is 8.82. The lowest BCUT2D eigenvalue weighted by atomic mass is 10.1. The average Bonchev–Trinajstić information content (AvgIpc) is 2.85. The van der Waals surface area contributed by atoms with Gasteiger partial charge in [-0.15, -0.1) is 0 Å². The van der Waals surface area contributed by atoms with Crippen molar-refractivity contribution in [1.29, 1.82) is 5.26 Å². The number of rotatable bonds is 12. The number of esters is 1. The first-order valence-electron chi connectivity index (χ1n) is 11.3. The smallest absolute Gasteiger partial charge is 0.410 e. The molecular formula is C26H30FN3O7. The normalized spacial score (nSPS) is 11.7. The molecule has 10 nitrogen and oxygen atoms in total. The zero-order valence-electron chi connectivity index (χ0n) is 20.9. The van der Waals surface area contributed by atoms with E-state index in [1.807, 2.05) is 0 Å². The van der Waals surface area contributed by atoms with Gasteiger partial charge in [0.1, 0.15) is 18.5 Å². The molecule has 0 aromatic heterocycles. The average molecular weight is 516 g/mol. The number of amides is 2. The first kappa shape index (κ1) is 29.2. The molecule has 0 aliphatic heterocycles. The number of hydrogen-bond acceptors (Lipinski definition) is 8. The first-order valence-corrected chi connectivity index (χ1v) is 11.3. The zero-order chi connectivity index (χ0) is 27.4. The van der Waals surface area contributed by atoms with Crippen molar-refractivity contribution < 1.29 is 38.1 Å². The van der Waals surface area contributed by atoms with Gasteiger partial charge in [0.05, 0.1) is 25.2 Å². The van der Waals surface area contributed by atoms with Crippen LogP contribution in [0, 0.1) is 17.1 Å². The number of hydrogen-bond donors (Lipinski definition) is 2. The third-order valence-corrected chi connectivity index (χ3v) is 4.92. The summed E-state index contributed by atoms with van der Waals surface area (Å²) < 4.78 is 28.4. The topological polar surface area (TPSA) is 138 Å². The second-order valence-corrected chi connectivity index (χ2v) is 8.82. The fourth-order valence-corrected chi connectivity index (χ4v) is 3.01. The van der Waals surface area contributed by atoms with Crippen molar-refractivity contribution >= 4 is 23.7 Å². The molecule has 2 amide bonds. The van der Waals surface area contributed by atoms with Gasteiger partial charge in [-0.25, -0.2) is 14.0 Å². The van der Waals surface area contributed by atoms with E-state index in [2.05, 4.69) is 5.32 Å². The first-order chi connectivity index (χ1) is 17.5. The van der Waals surface area contributed by atoms with Gasteiger partial charge in [0, 0.05) is 12.7 Å². The fourth-order valence-electron chi connectivity index (χ4n) is 3.01. The Balaban J connectivity index is 1.89. The third-order valence-electron chi connectivity index (χ3n) is 4.92. The van der Waals surface area contributed by atoms with Gasteiger partial charge in [0.25, 0.3) is 0 Å². The van der Waals surface area contributed by atoms with E-state index in [1.54, 1.807) is 30.3 Å². The van der Waals surface area contributed by atoms with Gasteiger partial charge in [-0.05, 0) is 49.2 Å². The lowest BCUT2D eigenvalue weighted by Gasteiger charge is -2.26. The number of anilines is 1. The summed E-state index contributed by atoms with van der Waals surface area (Å²) >= 11 is 0. The molecule has 198 valence electrons. The van der Waals surface area contributed by atoms with E-state index in [0.717, 1.165) is 4.90 Å². The summed E-state index contributed by atoms with van der Waals surface area (Å²) in [5, 5.41) is 21.2. The predicted octanol–water partition coefficient (Wildman–Crippen LogP) is 2.80. The molecule has 0 aliphatic carbocycles. The monoisotopic (exact) mass is 515 g/mol. The molecule has 0 aliphatic rings. The molecule has 0 spiro atoms. The van der Waals surface area contributed by atoms with Crippen LogP contribution in [0.4, 0.5) is 14.9 Å². The summed E-state index contributed by atoms with van der Waals surface area (Å²) in [6.45, 7) is 2.08. The van der Waals surface area contributed by atoms with Gasteiger partial charge in [-0.2, -0.15) is 5.26 Å². The van der Waals surface area contributed by atoms with Crippen molar-refractivity contribution in [1.82, 2.24) is 4.90 Å². The van der Waals surface area contributed by atoms with Gasteiger partial charge < -0.3 is 24.6 Å². The molecule has 2 aromatic rings. The van der Waals surface area contributed by atoms with E-state index in [9.17, 15) is 23.9 Å². The lowest BCUT2D eigenvalue weighted by Crippen LogP contribution is -2.47. The highest BCUT2D eigenvalue weighted by Crippen LogP contribution is 2.13. The molecule has 11 heteroatoms. The Kier molecular flexibility index (Phi) is 11.0. The minimum absolute atomic E-state index is 0.0868. The molecule has 2 rings (SSSR count). The molecule has 37 heavy (non-hydrogen) atoms. The highest BCUT2D eigenvalue weighted by atomic mass is 19.1. The number of likely N-dealkylation sites (N-methyl/N-ethyl adjacent to an activating group) is 1. The number of nitrogens with one attached hydrogen (secondary N) is 1. The van der Waals surface area contributed by atoms with E-state index in [0.29, 0.717) is 16.8 Å². The Bertz CT molecular complexity index is 1090. The number of ether oxygens (including phenoxy) is 3. The van der Waals surface area contributed by atoms with Crippen LogP contribution in [0.2, 0.25) is 0 Å². The van der Waals surface area contributed by atoms with Crippen molar-refractivity contribution in [2.75, 3.05) is 32.2 Å². The molecule has 0 saturated carbocycles. The van der Waals surface area contributed by atoms with E-state index in [1.165, 1.54) is 45.2 Å². The number of benzene rings is 2. The summed E-state index contributed by atoms with van der Waals surface area (Å²) in [6, 6.07) is 12.7.